The highest BCUT2D eigenvalue weighted by molar-refractivity contribution is 7.19. The molecule has 3 N–H and O–H groups in total. The Bertz CT molecular complexity index is 1210. The summed E-state index contributed by atoms with van der Waals surface area (Å²) in [5.74, 6) is 1.71. The minimum absolute atomic E-state index is 0.171. The summed E-state index contributed by atoms with van der Waals surface area (Å²) in [7, 11) is 3.27. The van der Waals surface area contributed by atoms with Gasteiger partial charge in [-0.2, -0.15) is 0 Å². The number of ether oxygens (including phenoxy) is 2. The predicted octanol–water partition coefficient (Wildman–Crippen LogP) is 6.96. The Kier molecular flexibility index (Phi) is 11.8. The maximum atomic E-state index is 12.9. The van der Waals surface area contributed by atoms with Gasteiger partial charge in [-0.3, -0.25) is 9.59 Å². The number of carbonyl (C=O) groups is 2. The standard InChI is InChI=1S/C17H14ClN3O3S.C11H24O/c1-8-20-11-5-6-13(24-2)14(15(11)25-8)17(23)21-12-7-9(18)3-4-10(12)16(19)22;1-6-10(3)11(4)7-9(2)8-12-5/h3-7H,1-2H3,(H2,19,22)(H,21,23);9-11H,6-8H2,1-5H3. The first-order valence-electron chi connectivity index (χ1n) is 12.4. The summed E-state index contributed by atoms with van der Waals surface area (Å²) in [4.78, 5) is 28.9. The summed E-state index contributed by atoms with van der Waals surface area (Å²) in [6.45, 7) is 12.0. The molecule has 3 aromatic rings. The first kappa shape index (κ1) is 30.5. The van der Waals surface area contributed by atoms with Crippen LogP contribution in [0.3, 0.4) is 0 Å². The number of fused-ring (bicyclic) bond motifs is 1. The van der Waals surface area contributed by atoms with Crippen molar-refractivity contribution >= 4 is 50.7 Å². The number of aromatic nitrogens is 1. The van der Waals surface area contributed by atoms with Gasteiger partial charge in [0.2, 0.25) is 0 Å². The van der Waals surface area contributed by atoms with E-state index in [1.807, 2.05) is 6.92 Å². The Morgan fingerprint density at radius 2 is 1.84 bits per heavy atom. The molecule has 2 amide bonds. The van der Waals surface area contributed by atoms with Crippen LogP contribution in [-0.4, -0.2) is 37.6 Å². The number of thiazole rings is 1. The van der Waals surface area contributed by atoms with Crippen LogP contribution >= 0.6 is 22.9 Å². The number of benzene rings is 2. The molecule has 0 saturated heterocycles. The quantitative estimate of drug-likeness (QED) is 0.285. The lowest BCUT2D eigenvalue weighted by Gasteiger charge is -2.21. The number of carbonyl (C=O) groups excluding carboxylic acids is 2. The van der Waals surface area contributed by atoms with E-state index in [2.05, 4.69) is 38.0 Å². The Labute approximate surface area is 228 Å². The number of primary amides is 1. The molecule has 1 heterocycles. The molecule has 0 spiro atoms. The van der Waals surface area contributed by atoms with Gasteiger partial charge in [0, 0.05) is 18.7 Å². The molecule has 202 valence electrons. The van der Waals surface area contributed by atoms with Gasteiger partial charge >= 0.3 is 0 Å². The van der Waals surface area contributed by atoms with E-state index in [9.17, 15) is 9.59 Å². The smallest absolute Gasteiger partial charge is 0.260 e. The third-order valence-electron chi connectivity index (χ3n) is 6.41. The number of methoxy groups -OCH3 is 2. The van der Waals surface area contributed by atoms with Crippen molar-refractivity contribution in [3.63, 3.8) is 0 Å². The summed E-state index contributed by atoms with van der Waals surface area (Å²) in [6, 6.07) is 7.95. The fraction of sp³-hybridized carbons (Fsp3) is 0.464. The number of hydrogen-bond acceptors (Lipinski definition) is 6. The molecule has 7 nitrogen and oxygen atoms in total. The van der Waals surface area contributed by atoms with Crippen molar-refractivity contribution in [1.29, 1.82) is 0 Å². The highest BCUT2D eigenvalue weighted by atomic mass is 35.5. The van der Waals surface area contributed by atoms with Gasteiger partial charge in [-0.05, 0) is 61.4 Å². The lowest BCUT2D eigenvalue weighted by atomic mass is 9.86. The van der Waals surface area contributed by atoms with Crippen molar-refractivity contribution < 1.29 is 19.1 Å². The molecule has 9 heteroatoms. The van der Waals surface area contributed by atoms with Gasteiger partial charge in [0.1, 0.15) is 11.3 Å². The van der Waals surface area contributed by atoms with Crippen LogP contribution in [-0.2, 0) is 4.74 Å². The largest absolute Gasteiger partial charge is 0.496 e. The number of anilines is 1. The summed E-state index contributed by atoms with van der Waals surface area (Å²) >= 11 is 7.36. The topological polar surface area (TPSA) is 104 Å². The molecule has 3 rings (SSSR count). The summed E-state index contributed by atoms with van der Waals surface area (Å²) in [6.07, 6.45) is 2.59. The van der Waals surface area contributed by atoms with E-state index in [1.165, 1.54) is 49.5 Å². The van der Waals surface area contributed by atoms with Crippen LogP contribution in [0, 0.1) is 24.7 Å². The predicted molar refractivity (Wildman–Crippen MR) is 153 cm³/mol. The molecule has 0 fully saturated rings. The molecule has 0 aliphatic carbocycles. The number of nitrogens with one attached hydrogen (secondary N) is 1. The first-order valence-corrected chi connectivity index (χ1v) is 13.5. The van der Waals surface area contributed by atoms with E-state index in [0.29, 0.717) is 32.5 Å². The second kappa shape index (κ2) is 14.3. The first-order chi connectivity index (χ1) is 17.5. The van der Waals surface area contributed by atoms with Gasteiger partial charge in [-0.25, -0.2) is 4.98 Å². The summed E-state index contributed by atoms with van der Waals surface area (Å²) in [5.41, 5.74) is 6.83. The van der Waals surface area contributed by atoms with Crippen molar-refractivity contribution in [3.8, 4) is 5.75 Å². The van der Waals surface area contributed by atoms with Gasteiger partial charge in [-0.15, -0.1) is 11.3 Å². The van der Waals surface area contributed by atoms with Crippen LogP contribution in [0.25, 0.3) is 10.2 Å². The molecule has 3 unspecified atom stereocenters. The Morgan fingerprint density at radius 1 is 1.14 bits per heavy atom. The summed E-state index contributed by atoms with van der Waals surface area (Å²) in [5, 5.41) is 3.91. The molecule has 0 aliphatic rings. The minimum Gasteiger partial charge on any atom is -0.496 e. The van der Waals surface area contributed by atoms with Crippen molar-refractivity contribution in [1.82, 2.24) is 4.98 Å². The van der Waals surface area contributed by atoms with Crippen molar-refractivity contribution in [2.24, 2.45) is 23.5 Å². The Balaban J connectivity index is 0.000000341. The second-order valence-corrected chi connectivity index (χ2v) is 11.0. The van der Waals surface area contributed by atoms with E-state index in [0.717, 1.165) is 23.5 Å². The molecule has 2 aromatic carbocycles. The third-order valence-corrected chi connectivity index (χ3v) is 7.65. The third kappa shape index (κ3) is 8.42. The van der Waals surface area contributed by atoms with Crippen molar-refractivity contribution in [2.75, 3.05) is 26.1 Å². The zero-order valence-electron chi connectivity index (χ0n) is 22.7. The number of amides is 2. The van der Waals surface area contributed by atoms with Crippen LogP contribution in [0.4, 0.5) is 5.69 Å². The fourth-order valence-electron chi connectivity index (χ4n) is 4.11. The van der Waals surface area contributed by atoms with E-state index in [4.69, 9.17) is 26.8 Å². The highest BCUT2D eigenvalue weighted by Gasteiger charge is 2.21. The van der Waals surface area contributed by atoms with Gasteiger partial charge in [0.25, 0.3) is 11.8 Å². The molecular weight excluding hydrogens is 510 g/mol. The maximum Gasteiger partial charge on any atom is 0.260 e. The van der Waals surface area contributed by atoms with Crippen LogP contribution in [0.15, 0.2) is 30.3 Å². The number of nitrogens with two attached hydrogens (primary N) is 1. The van der Waals surface area contributed by atoms with Crippen LogP contribution in [0.5, 0.6) is 5.75 Å². The zero-order chi connectivity index (χ0) is 27.7. The van der Waals surface area contributed by atoms with Crippen molar-refractivity contribution in [3.05, 3.63) is 51.5 Å². The molecule has 3 atom stereocenters. The zero-order valence-corrected chi connectivity index (χ0v) is 24.3. The van der Waals surface area contributed by atoms with E-state index >= 15 is 0 Å². The van der Waals surface area contributed by atoms with Gasteiger partial charge < -0.3 is 20.5 Å². The second-order valence-electron chi connectivity index (χ2n) is 9.39. The average molecular weight is 548 g/mol. The number of halogens is 1. The van der Waals surface area contributed by atoms with Crippen LogP contribution in [0.2, 0.25) is 5.02 Å². The van der Waals surface area contributed by atoms with Crippen LogP contribution in [0.1, 0.15) is 66.3 Å². The lowest BCUT2D eigenvalue weighted by molar-refractivity contribution is 0.100. The fourth-order valence-corrected chi connectivity index (χ4v) is 5.24. The SMILES string of the molecule is CCC(C)C(C)CC(C)COC.COc1ccc2nc(C)sc2c1C(=O)Nc1cc(Cl)ccc1C(N)=O. The molecule has 1 aromatic heterocycles. The molecule has 0 saturated carbocycles. The van der Waals surface area contributed by atoms with E-state index < -0.39 is 11.8 Å². The normalized spacial score (nSPS) is 13.3. The number of nitrogens with zero attached hydrogens (tertiary/aromatic N) is 1. The Hall–Kier alpha value is -2.68. The van der Waals surface area contributed by atoms with Gasteiger partial charge in [0.15, 0.2) is 0 Å². The number of hydrogen-bond donors (Lipinski definition) is 2. The molecular formula is C28H38ClN3O4S. The summed E-state index contributed by atoms with van der Waals surface area (Å²) < 4.78 is 11.1. The Morgan fingerprint density at radius 3 is 2.43 bits per heavy atom. The number of aryl methyl sites for hydroxylation is 1. The molecule has 0 bridgehead atoms. The van der Waals surface area contributed by atoms with Gasteiger partial charge in [0.05, 0.1) is 33.6 Å². The monoisotopic (exact) mass is 547 g/mol. The lowest BCUT2D eigenvalue weighted by Crippen LogP contribution is -2.19. The van der Waals surface area contributed by atoms with E-state index in [1.54, 1.807) is 19.2 Å². The van der Waals surface area contributed by atoms with E-state index in [-0.39, 0.29) is 11.3 Å². The van der Waals surface area contributed by atoms with Crippen molar-refractivity contribution in [2.45, 2.75) is 47.5 Å². The average Bonchev–Trinajstić information content (AvgIpc) is 3.23. The highest BCUT2D eigenvalue weighted by Crippen LogP contribution is 2.33. The molecule has 0 radical (unpaired) electrons. The van der Waals surface area contributed by atoms with Crippen LogP contribution < -0.4 is 15.8 Å². The minimum atomic E-state index is -0.661. The molecule has 0 aliphatic heterocycles. The number of rotatable bonds is 10. The molecule has 37 heavy (non-hydrogen) atoms. The van der Waals surface area contributed by atoms with Gasteiger partial charge in [-0.1, -0.05) is 45.7 Å². The maximum absolute atomic E-state index is 12.9.